The predicted octanol–water partition coefficient (Wildman–Crippen LogP) is 3.11. The van der Waals surface area contributed by atoms with Gasteiger partial charge < -0.3 is 10.1 Å². The summed E-state index contributed by atoms with van der Waals surface area (Å²) in [6, 6.07) is 5.92. The highest BCUT2D eigenvalue weighted by Gasteiger charge is 2.26. The smallest absolute Gasteiger partial charge is 0.142 e. The van der Waals surface area contributed by atoms with E-state index in [1.54, 1.807) is 17.5 Å². The van der Waals surface area contributed by atoms with E-state index in [1.807, 2.05) is 18.2 Å². The topological polar surface area (TPSA) is 47.0 Å². The molecule has 2 aromatic rings. The van der Waals surface area contributed by atoms with Crippen LogP contribution in [0.5, 0.6) is 0 Å². The van der Waals surface area contributed by atoms with Crippen LogP contribution in [0.4, 0.5) is 0 Å². The average Bonchev–Trinajstić information content (AvgIpc) is 2.98. The molecule has 1 aliphatic heterocycles. The minimum Gasteiger partial charge on any atom is -0.381 e. The normalized spacial score (nSPS) is 17.8. The van der Waals surface area contributed by atoms with Crippen molar-refractivity contribution >= 4 is 11.3 Å². The molecule has 0 aromatic carbocycles. The molecular formula is C16H21N3OS. The lowest BCUT2D eigenvalue weighted by molar-refractivity contribution is 0.0240. The van der Waals surface area contributed by atoms with E-state index in [-0.39, 0.29) is 0 Å². The van der Waals surface area contributed by atoms with Gasteiger partial charge in [0.25, 0.3) is 0 Å². The van der Waals surface area contributed by atoms with Gasteiger partial charge in [0.15, 0.2) is 0 Å². The van der Waals surface area contributed by atoms with Crippen molar-refractivity contribution in [2.75, 3.05) is 19.8 Å². The molecule has 0 saturated carbocycles. The summed E-state index contributed by atoms with van der Waals surface area (Å²) in [5, 5.41) is 6.65. The van der Waals surface area contributed by atoms with E-state index in [4.69, 9.17) is 4.74 Å². The highest BCUT2D eigenvalue weighted by molar-refractivity contribution is 7.13. The third kappa shape index (κ3) is 3.87. The fourth-order valence-corrected chi connectivity index (χ4v) is 3.32. The predicted molar refractivity (Wildman–Crippen MR) is 85.2 cm³/mol. The number of hydrogen-bond acceptors (Lipinski definition) is 5. The largest absolute Gasteiger partial charge is 0.381 e. The summed E-state index contributed by atoms with van der Waals surface area (Å²) in [4.78, 5) is 9.00. The van der Waals surface area contributed by atoms with Gasteiger partial charge in [0.1, 0.15) is 5.01 Å². The number of thiazole rings is 1. The minimum atomic E-state index is 0.359. The highest BCUT2D eigenvalue weighted by atomic mass is 32.1. The third-order valence-corrected chi connectivity index (χ3v) is 4.91. The molecule has 0 bridgehead atoms. The quantitative estimate of drug-likeness (QED) is 0.922. The molecule has 1 N–H and O–H groups in total. The first kappa shape index (κ1) is 14.6. The standard InChI is InChI=1S/C16H21N3OS/c1-16(5-8-20-9-6-16)12-17-10-13-11-21-15(19-13)14-4-2-3-7-18-14/h2-4,7,11,17H,5-6,8-10,12H2,1H3. The van der Waals surface area contributed by atoms with Crippen LogP contribution >= 0.6 is 11.3 Å². The monoisotopic (exact) mass is 303 g/mol. The van der Waals surface area contributed by atoms with Gasteiger partial charge in [-0.2, -0.15) is 0 Å². The molecule has 0 spiro atoms. The van der Waals surface area contributed by atoms with Gasteiger partial charge in [0.2, 0.25) is 0 Å². The summed E-state index contributed by atoms with van der Waals surface area (Å²) >= 11 is 1.65. The van der Waals surface area contributed by atoms with Crippen LogP contribution in [0.25, 0.3) is 10.7 Å². The fraction of sp³-hybridized carbons (Fsp3) is 0.500. The lowest BCUT2D eigenvalue weighted by Gasteiger charge is -2.33. The van der Waals surface area contributed by atoms with Crippen LogP contribution in [0.1, 0.15) is 25.5 Å². The number of nitrogens with one attached hydrogen (secondary N) is 1. The molecule has 1 fully saturated rings. The molecule has 4 nitrogen and oxygen atoms in total. The maximum absolute atomic E-state index is 5.44. The minimum absolute atomic E-state index is 0.359. The van der Waals surface area contributed by atoms with E-state index in [2.05, 4.69) is 27.6 Å². The number of aromatic nitrogens is 2. The van der Waals surface area contributed by atoms with Crippen molar-refractivity contribution in [1.82, 2.24) is 15.3 Å². The number of rotatable bonds is 5. The highest BCUT2D eigenvalue weighted by Crippen LogP contribution is 2.29. The molecule has 0 aliphatic carbocycles. The van der Waals surface area contributed by atoms with Gasteiger partial charge in [0, 0.05) is 37.9 Å². The van der Waals surface area contributed by atoms with Crippen molar-refractivity contribution in [3.8, 4) is 10.7 Å². The van der Waals surface area contributed by atoms with Gasteiger partial charge in [-0.15, -0.1) is 11.3 Å². The Morgan fingerprint density at radius 2 is 2.19 bits per heavy atom. The maximum Gasteiger partial charge on any atom is 0.142 e. The first-order valence-corrected chi connectivity index (χ1v) is 8.27. The van der Waals surface area contributed by atoms with E-state index in [0.29, 0.717) is 5.41 Å². The average molecular weight is 303 g/mol. The first-order valence-electron chi connectivity index (χ1n) is 7.39. The molecule has 3 heterocycles. The molecule has 0 radical (unpaired) electrons. The molecule has 21 heavy (non-hydrogen) atoms. The maximum atomic E-state index is 5.44. The van der Waals surface area contributed by atoms with Gasteiger partial charge in [-0.1, -0.05) is 13.0 Å². The van der Waals surface area contributed by atoms with E-state index < -0.39 is 0 Å². The van der Waals surface area contributed by atoms with Crippen molar-refractivity contribution in [2.24, 2.45) is 5.41 Å². The van der Waals surface area contributed by atoms with E-state index in [0.717, 1.165) is 55.5 Å². The van der Waals surface area contributed by atoms with E-state index in [1.165, 1.54) is 0 Å². The van der Waals surface area contributed by atoms with Crippen LogP contribution in [0, 0.1) is 5.41 Å². The Bertz CT molecular complexity index is 564. The SMILES string of the molecule is CC1(CNCc2csc(-c3ccccn3)n2)CCOCC1. The summed E-state index contributed by atoms with van der Waals surface area (Å²) in [6.07, 6.45) is 4.08. The second kappa shape index (κ2) is 6.64. The number of ether oxygens (including phenoxy) is 1. The summed E-state index contributed by atoms with van der Waals surface area (Å²) in [5.74, 6) is 0. The third-order valence-electron chi connectivity index (χ3n) is 3.99. The lowest BCUT2D eigenvalue weighted by Crippen LogP contribution is -2.36. The van der Waals surface area contributed by atoms with E-state index >= 15 is 0 Å². The zero-order valence-electron chi connectivity index (χ0n) is 12.3. The first-order chi connectivity index (χ1) is 10.3. The molecule has 2 aromatic heterocycles. The Labute approximate surface area is 129 Å². The van der Waals surface area contributed by atoms with Crippen molar-refractivity contribution in [3.63, 3.8) is 0 Å². The Balaban J connectivity index is 1.53. The molecule has 1 saturated heterocycles. The van der Waals surface area contributed by atoms with Crippen LogP contribution in [-0.4, -0.2) is 29.7 Å². The van der Waals surface area contributed by atoms with Crippen molar-refractivity contribution < 1.29 is 4.74 Å². The van der Waals surface area contributed by atoms with Crippen molar-refractivity contribution in [3.05, 3.63) is 35.5 Å². The zero-order valence-corrected chi connectivity index (χ0v) is 13.2. The van der Waals surface area contributed by atoms with Crippen LogP contribution in [0.15, 0.2) is 29.8 Å². The van der Waals surface area contributed by atoms with Crippen LogP contribution in [0.3, 0.4) is 0 Å². The molecule has 0 amide bonds. The lowest BCUT2D eigenvalue weighted by atomic mass is 9.82. The summed E-state index contributed by atoms with van der Waals surface area (Å²) < 4.78 is 5.44. The van der Waals surface area contributed by atoms with Gasteiger partial charge in [-0.05, 0) is 30.4 Å². The Morgan fingerprint density at radius 1 is 1.33 bits per heavy atom. The zero-order chi connectivity index (χ0) is 14.5. The molecular weight excluding hydrogens is 282 g/mol. The van der Waals surface area contributed by atoms with Gasteiger partial charge >= 0.3 is 0 Å². The Kier molecular flexibility index (Phi) is 4.63. The number of pyridine rings is 1. The molecule has 1 aliphatic rings. The van der Waals surface area contributed by atoms with Crippen LogP contribution < -0.4 is 5.32 Å². The second-order valence-electron chi connectivity index (χ2n) is 5.89. The van der Waals surface area contributed by atoms with Crippen molar-refractivity contribution in [2.45, 2.75) is 26.3 Å². The summed E-state index contributed by atoms with van der Waals surface area (Å²) in [6.45, 7) is 5.95. The Hall–Kier alpha value is -1.30. The molecule has 5 heteroatoms. The van der Waals surface area contributed by atoms with Crippen molar-refractivity contribution in [1.29, 1.82) is 0 Å². The molecule has 0 unspecified atom stereocenters. The fourth-order valence-electron chi connectivity index (χ4n) is 2.53. The second-order valence-corrected chi connectivity index (χ2v) is 6.74. The molecule has 0 atom stereocenters. The summed E-state index contributed by atoms with van der Waals surface area (Å²) in [7, 11) is 0. The number of hydrogen-bond donors (Lipinski definition) is 1. The van der Waals surface area contributed by atoms with Gasteiger partial charge in [-0.3, -0.25) is 4.98 Å². The van der Waals surface area contributed by atoms with Gasteiger partial charge in [0.05, 0.1) is 11.4 Å². The van der Waals surface area contributed by atoms with Gasteiger partial charge in [-0.25, -0.2) is 4.98 Å². The number of nitrogens with zero attached hydrogens (tertiary/aromatic N) is 2. The summed E-state index contributed by atoms with van der Waals surface area (Å²) in [5.41, 5.74) is 2.40. The van der Waals surface area contributed by atoms with Crippen LogP contribution in [-0.2, 0) is 11.3 Å². The molecule has 112 valence electrons. The van der Waals surface area contributed by atoms with E-state index in [9.17, 15) is 0 Å². The van der Waals surface area contributed by atoms with Crippen LogP contribution in [0.2, 0.25) is 0 Å². The Morgan fingerprint density at radius 3 is 2.95 bits per heavy atom. The molecule has 3 rings (SSSR count).